The van der Waals surface area contributed by atoms with Gasteiger partial charge in [-0.1, -0.05) is 9.69 Å². The molecule has 0 bridgehead atoms. The van der Waals surface area contributed by atoms with Crippen LogP contribution >= 0.6 is 0 Å². The molecule has 1 rings (SSSR count). The molecule has 100 valence electrons. The maximum atomic E-state index is 12.2. The van der Waals surface area contributed by atoms with Crippen molar-refractivity contribution < 1.29 is 27.4 Å². The number of hydrogen-bond donors (Lipinski definition) is 1. The molecule has 9 heteroatoms. The third kappa shape index (κ3) is 2.67. The molecular formula is C9H12F3N4O2+. The van der Waals surface area contributed by atoms with Crippen molar-refractivity contribution in [3.63, 3.8) is 0 Å². The lowest BCUT2D eigenvalue weighted by atomic mass is 10.3. The van der Waals surface area contributed by atoms with E-state index in [9.17, 15) is 22.8 Å². The molecule has 18 heavy (non-hydrogen) atoms. The molecule has 2 N–H and O–H groups in total. The monoisotopic (exact) mass is 265 g/mol. The molecule has 1 heterocycles. The Labute approximate surface area is 101 Å². The summed E-state index contributed by atoms with van der Waals surface area (Å²) < 4.78 is 35.6. The minimum absolute atomic E-state index is 0.228. The van der Waals surface area contributed by atoms with E-state index in [1.807, 2.05) is 0 Å². The number of rotatable bonds is 2. The molecule has 0 aromatic carbocycles. The summed E-state index contributed by atoms with van der Waals surface area (Å²) >= 11 is 0. The highest BCUT2D eigenvalue weighted by Gasteiger charge is 2.45. The fourth-order valence-corrected chi connectivity index (χ4v) is 1.41. The van der Waals surface area contributed by atoms with Crippen LogP contribution in [-0.4, -0.2) is 54.5 Å². The molecule has 0 fully saturated rings. The van der Waals surface area contributed by atoms with E-state index in [4.69, 9.17) is 5.73 Å². The number of nitrogens with zero attached hydrogens (tertiary/aromatic N) is 3. The standard InChI is InChI=1S/C9H11F3N4O2/c1-15(5-9(10,11)12)7(17)6-3-4-14-16(6,2)8(13)18/h3-4H,5H2,1-2H3,(H-,13,18)/p+1. The van der Waals surface area contributed by atoms with E-state index in [1.54, 1.807) is 0 Å². The molecular weight excluding hydrogens is 253 g/mol. The smallest absolute Gasteiger partial charge is 0.328 e. The van der Waals surface area contributed by atoms with Crippen LogP contribution in [0.3, 0.4) is 0 Å². The number of amides is 3. The van der Waals surface area contributed by atoms with Crippen LogP contribution in [0.15, 0.2) is 16.9 Å². The topological polar surface area (TPSA) is 75.8 Å². The third-order valence-corrected chi connectivity index (χ3v) is 2.41. The summed E-state index contributed by atoms with van der Waals surface area (Å²) in [6, 6.07) is -0.955. The number of carbonyl (C=O) groups is 2. The van der Waals surface area contributed by atoms with Gasteiger partial charge in [0.05, 0.1) is 6.21 Å². The van der Waals surface area contributed by atoms with Crippen LogP contribution in [0.4, 0.5) is 18.0 Å². The molecule has 0 aromatic heterocycles. The van der Waals surface area contributed by atoms with Crippen molar-refractivity contribution in [2.24, 2.45) is 10.8 Å². The second kappa shape index (κ2) is 4.41. The van der Waals surface area contributed by atoms with Gasteiger partial charge in [-0.2, -0.15) is 13.2 Å². The molecule has 0 aromatic rings. The minimum Gasteiger partial charge on any atom is -0.328 e. The fourth-order valence-electron chi connectivity index (χ4n) is 1.41. The first-order valence-electron chi connectivity index (χ1n) is 4.83. The highest BCUT2D eigenvalue weighted by molar-refractivity contribution is 5.98. The van der Waals surface area contributed by atoms with Crippen LogP contribution in [-0.2, 0) is 4.79 Å². The number of carbonyl (C=O) groups excluding carboxylic acids is 2. The van der Waals surface area contributed by atoms with Gasteiger partial charge in [0.1, 0.15) is 13.6 Å². The summed E-state index contributed by atoms with van der Waals surface area (Å²) in [4.78, 5) is 23.4. The number of allylic oxidation sites excluding steroid dienone is 1. The Balaban J connectivity index is 2.90. The second-order valence-electron chi connectivity index (χ2n) is 3.89. The van der Waals surface area contributed by atoms with Crippen molar-refractivity contribution in [2.75, 3.05) is 20.6 Å². The molecule has 1 unspecified atom stereocenters. The lowest BCUT2D eigenvalue weighted by molar-refractivity contribution is -0.788. The number of hydrogen-bond acceptors (Lipinski definition) is 3. The van der Waals surface area contributed by atoms with Crippen LogP contribution in [0, 0.1) is 0 Å². The Morgan fingerprint density at radius 1 is 1.50 bits per heavy atom. The van der Waals surface area contributed by atoms with Gasteiger partial charge in [-0.05, 0) is 0 Å². The van der Waals surface area contributed by atoms with Crippen LogP contribution in [0.25, 0.3) is 0 Å². The highest BCUT2D eigenvalue weighted by atomic mass is 19.4. The van der Waals surface area contributed by atoms with Crippen molar-refractivity contribution >= 4 is 18.2 Å². The van der Waals surface area contributed by atoms with Crippen molar-refractivity contribution in [1.29, 1.82) is 0 Å². The van der Waals surface area contributed by atoms with E-state index in [-0.39, 0.29) is 5.70 Å². The van der Waals surface area contributed by atoms with E-state index in [2.05, 4.69) is 5.10 Å². The zero-order valence-corrected chi connectivity index (χ0v) is 9.73. The predicted octanol–water partition coefficient (Wildman–Crippen LogP) is 0.416. The Morgan fingerprint density at radius 2 is 2.06 bits per heavy atom. The molecule has 3 amide bonds. The first-order chi connectivity index (χ1) is 8.08. The summed E-state index contributed by atoms with van der Waals surface area (Å²) in [7, 11) is 2.21. The molecule has 0 saturated heterocycles. The number of quaternary nitrogens is 1. The van der Waals surface area contributed by atoms with Crippen molar-refractivity contribution in [3.8, 4) is 0 Å². The molecule has 0 spiro atoms. The molecule has 1 aliphatic heterocycles. The molecule has 1 aliphatic rings. The summed E-state index contributed by atoms with van der Waals surface area (Å²) in [5.41, 5.74) is 4.85. The number of nitrogens with two attached hydrogens (primary N) is 1. The summed E-state index contributed by atoms with van der Waals surface area (Å²) in [6.07, 6.45) is -2.19. The van der Waals surface area contributed by atoms with E-state index in [1.165, 1.54) is 13.1 Å². The van der Waals surface area contributed by atoms with E-state index >= 15 is 0 Å². The summed E-state index contributed by atoms with van der Waals surface area (Å²) in [6.45, 7) is -1.41. The number of likely N-dealkylation sites (N-methyl/N-ethyl adjacent to an activating group) is 2. The largest absolute Gasteiger partial charge is 0.445 e. The molecule has 1 atom stereocenters. The number of urea groups is 1. The molecule has 6 nitrogen and oxygen atoms in total. The maximum Gasteiger partial charge on any atom is 0.445 e. The summed E-state index contributed by atoms with van der Waals surface area (Å²) in [5.74, 6) is -0.953. The molecule has 0 aliphatic carbocycles. The fraction of sp³-hybridized carbons (Fsp3) is 0.444. The van der Waals surface area contributed by atoms with Crippen LogP contribution in [0.5, 0.6) is 0 Å². The Kier molecular flexibility index (Phi) is 3.47. The lowest BCUT2D eigenvalue weighted by Crippen LogP contribution is -2.51. The Bertz CT molecular complexity index is 444. The van der Waals surface area contributed by atoms with Crippen molar-refractivity contribution in [1.82, 2.24) is 4.90 Å². The normalized spacial score (nSPS) is 22.8. The van der Waals surface area contributed by atoms with Crippen LogP contribution in [0.1, 0.15) is 0 Å². The van der Waals surface area contributed by atoms with Crippen LogP contribution in [0.2, 0.25) is 0 Å². The first-order valence-corrected chi connectivity index (χ1v) is 4.83. The van der Waals surface area contributed by atoms with E-state index in [0.717, 1.165) is 13.3 Å². The average Bonchev–Trinajstić information content (AvgIpc) is 2.58. The van der Waals surface area contributed by atoms with Gasteiger partial charge in [0.15, 0.2) is 0 Å². The quantitative estimate of drug-likeness (QED) is 0.734. The third-order valence-electron chi connectivity index (χ3n) is 2.41. The SMILES string of the molecule is CN(CC(F)(F)F)C(=O)C1=CC=N[N+]1(C)C(N)=O. The minimum atomic E-state index is -4.51. The van der Waals surface area contributed by atoms with Gasteiger partial charge >= 0.3 is 18.1 Å². The molecule has 0 radical (unpaired) electrons. The number of alkyl halides is 3. The van der Waals surface area contributed by atoms with E-state index in [0.29, 0.717) is 4.90 Å². The zero-order valence-electron chi connectivity index (χ0n) is 9.73. The van der Waals surface area contributed by atoms with Crippen LogP contribution < -0.4 is 5.73 Å². The van der Waals surface area contributed by atoms with Gasteiger partial charge in [0.2, 0.25) is 5.70 Å². The van der Waals surface area contributed by atoms with Gasteiger partial charge < -0.3 is 10.6 Å². The maximum absolute atomic E-state index is 12.2. The van der Waals surface area contributed by atoms with E-state index < -0.39 is 29.3 Å². The Hall–Kier alpha value is -1.90. The number of halogens is 3. The second-order valence-corrected chi connectivity index (χ2v) is 3.89. The van der Waals surface area contributed by atoms with Crippen molar-refractivity contribution in [3.05, 3.63) is 11.8 Å². The predicted molar refractivity (Wildman–Crippen MR) is 56.0 cm³/mol. The summed E-state index contributed by atoms with van der Waals surface area (Å²) in [5, 5.41) is 3.67. The Morgan fingerprint density at radius 3 is 2.50 bits per heavy atom. The average molecular weight is 265 g/mol. The zero-order chi connectivity index (χ0) is 14.1. The van der Waals surface area contributed by atoms with Crippen molar-refractivity contribution in [2.45, 2.75) is 6.18 Å². The van der Waals surface area contributed by atoms with Gasteiger partial charge in [-0.25, -0.2) is 4.79 Å². The van der Waals surface area contributed by atoms with Gasteiger partial charge in [0, 0.05) is 13.1 Å². The lowest BCUT2D eigenvalue weighted by Gasteiger charge is -2.24. The van der Waals surface area contributed by atoms with Gasteiger partial charge in [-0.3, -0.25) is 4.79 Å². The number of primary amides is 1. The van der Waals surface area contributed by atoms with Gasteiger partial charge in [0.25, 0.3) is 0 Å². The molecule has 0 saturated carbocycles. The highest BCUT2D eigenvalue weighted by Crippen LogP contribution is 2.23. The first kappa shape index (κ1) is 14.2. The van der Waals surface area contributed by atoms with Gasteiger partial charge in [-0.15, -0.1) is 0 Å².